The van der Waals surface area contributed by atoms with Crippen molar-refractivity contribution in [2.24, 2.45) is 5.92 Å². The number of rotatable bonds is 12. The summed E-state index contributed by atoms with van der Waals surface area (Å²) in [7, 11) is 0. The maximum absolute atomic E-state index is 13.2. The van der Waals surface area contributed by atoms with Crippen LogP contribution in [0.25, 0.3) is 0 Å². The van der Waals surface area contributed by atoms with Gasteiger partial charge in [0.2, 0.25) is 16.9 Å². The second-order valence-electron chi connectivity index (χ2n) is 9.34. The third-order valence-electron chi connectivity index (χ3n) is 6.91. The van der Waals surface area contributed by atoms with E-state index in [1.54, 1.807) is 19.1 Å². The number of nitrogens with one attached hydrogen (secondary N) is 1. The van der Waals surface area contributed by atoms with Gasteiger partial charge in [0.05, 0.1) is 16.9 Å². The predicted octanol–water partition coefficient (Wildman–Crippen LogP) is 3.62. The summed E-state index contributed by atoms with van der Waals surface area (Å²) < 4.78 is 0. The average molecular weight is 556 g/mol. The van der Waals surface area contributed by atoms with E-state index in [0.717, 1.165) is 11.1 Å². The zero-order valence-corrected chi connectivity index (χ0v) is 22.5. The normalized spacial score (nSPS) is 21.1. The van der Waals surface area contributed by atoms with Gasteiger partial charge in [0.15, 0.2) is 0 Å². The van der Waals surface area contributed by atoms with E-state index < -0.39 is 26.9 Å². The average Bonchev–Trinajstić information content (AvgIpc) is 3.18. The number of fused-ring (bicyclic) bond motifs is 1. The van der Waals surface area contributed by atoms with Gasteiger partial charge in [-0.1, -0.05) is 73.8 Å². The van der Waals surface area contributed by atoms with Crippen LogP contribution in [-0.4, -0.2) is 49.4 Å². The Morgan fingerprint density at radius 2 is 1.84 bits per heavy atom. The van der Waals surface area contributed by atoms with Crippen LogP contribution in [-0.2, 0) is 27.2 Å². The monoisotopic (exact) mass is 555 g/mol. The number of thiol groups is 1. The van der Waals surface area contributed by atoms with Crippen molar-refractivity contribution in [1.29, 1.82) is 0 Å². The van der Waals surface area contributed by atoms with Gasteiger partial charge >= 0.3 is 0 Å². The topological polar surface area (TPSA) is 130 Å². The minimum Gasteiger partial charge on any atom is -0.392 e. The summed E-state index contributed by atoms with van der Waals surface area (Å²) in [5, 5.41) is 24.1. The molecule has 9 nitrogen and oxygen atoms in total. The van der Waals surface area contributed by atoms with Gasteiger partial charge in [-0.2, -0.15) is 0 Å². The van der Waals surface area contributed by atoms with Crippen molar-refractivity contribution < 1.29 is 24.4 Å². The predicted molar refractivity (Wildman–Crippen MR) is 147 cm³/mol. The molecule has 38 heavy (non-hydrogen) atoms. The van der Waals surface area contributed by atoms with Crippen molar-refractivity contribution >= 4 is 47.0 Å². The minimum absolute atomic E-state index is 0.0553. The van der Waals surface area contributed by atoms with Crippen LogP contribution in [0.2, 0.25) is 0 Å². The Labute approximate surface area is 230 Å². The lowest BCUT2D eigenvalue weighted by Gasteiger charge is -2.55. The van der Waals surface area contributed by atoms with E-state index in [0.29, 0.717) is 24.3 Å². The van der Waals surface area contributed by atoms with Crippen molar-refractivity contribution in [1.82, 2.24) is 10.2 Å². The number of allylic oxidation sites excluding steroid dienone is 1. The lowest BCUT2D eigenvalue weighted by molar-refractivity contribution is -0.384. The maximum atomic E-state index is 13.2. The molecular formula is C27H29N3O6S2. The molecule has 2 heterocycles. The van der Waals surface area contributed by atoms with E-state index in [4.69, 9.17) is 0 Å². The van der Waals surface area contributed by atoms with E-state index in [-0.39, 0.29) is 42.5 Å². The first-order valence-corrected chi connectivity index (χ1v) is 13.7. The summed E-state index contributed by atoms with van der Waals surface area (Å²) in [6.07, 6.45) is 0.738. The number of carbonyl (C=O) groups is 3. The number of thioether (sulfide) groups is 1. The van der Waals surface area contributed by atoms with E-state index in [9.17, 15) is 29.6 Å². The number of nitrogens with zero attached hydrogens (tertiary/aromatic N) is 2. The number of β-lactam (4-membered cyclic amide) rings is 1. The van der Waals surface area contributed by atoms with Crippen LogP contribution < -0.4 is 5.32 Å². The minimum atomic E-state index is -0.977. The first-order chi connectivity index (χ1) is 18.2. The van der Waals surface area contributed by atoms with E-state index in [2.05, 4.69) is 17.9 Å². The lowest BCUT2D eigenvalue weighted by Crippen LogP contribution is -2.71. The molecule has 2 aliphatic heterocycles. The smallest absolute Gasteiger partial charge is 0.269 e. The van der Waals surface area contributed by atoms with Gasteiger partial charge in [0.25, 0.3) is 5.69 Å². The van der Waals surface area contributed by atoms with Gasteiger partial charge in [0.1, 0.15) is 10.6 Å². The van der Waals surface area contributed by atoms with Gasteiger partial charge in [-0.05, 0) is 30.4 Å². The molecule has 1 fully saturated rings. The highest BCUT2D eigenvalue weighted by molar-refractivity contribution is 8.05. The number of amides is 2. The van der Waals surface area contributed by atoms with Gasteiger partial charge in [-0.3, -0.25) is 29.4 Å². The highest BCUT2D eigenvalue weighted by Crippen LogP contribution is 2.61. The quantitative estimate of drug-likeness (QED) is 0.158. The molecule has 0 spiro atoms. The van der Waals surface area contributed by atoms with Crippen molar-refractivity contribution in [3.8, 4) is 0 Å². The zero-order valence-electron chi connectivity index (χ0n) is 20.8. The molecule has 2 amide bonds. The Bertz CT molecular complexity index is 1270. The molecule has 2 aromatic carbocycles. The standard InChI is InChI=1S/C27H29N3O6S2/c1-2-20(31)23-25(33)29-24(26(34)37)21(12-13-22(32)28-15-14-17-6-4-3-5-7-17)38-27(23,29)16-18-8-10-19(11-9-18)30(35)36/h3-11,20,23,31H,2,12-16H2,1H3,(H,28,32)(H,34,37)/t20-,23+,27+/m0/s1. The van der Waals surface area contributed by atoms with E-state index in [1.165, 1.54) is 28.8 Å². The zero-order chi connectivity index (χ0) is 27.4. The first-order valence-electron chi connectivity index (χ1n) is 12.4. The molecule has 0 aromatic heterocycles. The summed E-state index contributed by atoms with van der Waals surface area (Å²) >= 11 is 5.34. The largest absolute Gasteiger partial charge is 0.392 e. The molecule has 11 heteroatoms. The summed E-state index contributed by atoms with van der Waals surface area (Å²) in [6, 6.07) is 15.8. The SMILES string of the molecule is CC[C@H](O)[C@@H]1C(=O)N2C(C(=O)S)=C(CCC(=O)NCCc3ccccc3)S[C@]12Cc1ccc([N+](=O)[O-])cc1. The molecule has 1 saturated heterocycles. The number of hydrogen-bond acceptors (Lipinski definition) is 7. The molecule has 200 valence electrons. The van der Waals surface area contributed by atoms with Gasteiger partial charge in [-0.25, -0.2) is 0 Å². The Kier molecular flexibility index (Phi) is 8.59. The van der Waals surface area contributed by atoms with Gasteiger partial charge in [0, 0.05) is 36.4 Å². The van der Waals surface area contributed by atoms with Gasteiger partial charge in [-0.15, -0.1) is 0 Å². The molecule has 3 atom stereocenters. The summed E-state index contributed by atoms with van der Waals surface area (Å²) in [5.41, 5.74) is 1.92. The highest BCUT2D eigenvalue weighted by Gasteiger charge is 2.68. The molecule has 0 saturated carbocycles. The van der Waals surface area contributed by atoms with Crippen LogP contribution in [0, 0.1) is 16.0 Å². The fourth-order valence-electron chi connectivity index (χ4n) is 5.03. The van der Waals surface area contributed by atoms with Crippen LogP contribution in [0.4, 0.5) is 5.69 Å². The van der Waals surface area contributed by atoms with E-state index >= 15 is 0 Å². The molecule has 0 unspecified atom stereocenters. The molecule has 2 aliphatic rings. The Balaban J connectivity index is 1.51. The van der Waals surface area contributed by atoms with Gasteiger partial charge < -0.3 is 10.4 Å². The molecule has 0 aliphatic carbocycles. The fraction of sp³-hybridized carbons (Fsp3) is 0.370. The third kappa shape index (κ3) is 5.50. The molecule has 2 N–H and O–H groups in total. The third-order valence-corrected chi connectivity index (χ3v) is 8.70. The van der Waals surface area contributed by atoms with Crippen molar-refractivity contribution in [2.45, 2.75) is 50.0 Å². The molecule has 4 rings (SSSR count). The molecule has 0 radical (unpaired) electrons. The second kappa shape index (κ2) is 11.7. The van der Waals surface area contributed by atoms with Crippen molar-refractivity contribution in [3.63, 3.8) is 0 Å². The summed E-state index contributed by atoms with van der Waals surface area (Å²) in [4.78, 5) is 49.9. The Morgan fingerprint density at radius 1 is 1.16 bits per heavy atom. The van der Waals surface area contributed by atoms with Crippen molar-refractivity contribution in [3.05, 3.63) is 86.4 Å². The first kappa shape index (κ1) is 27.9. The Hall–Kier alpha value is -3.15. The second-order valence-corrected chi connectivity index (χ2v) is 11.1. The molecule has 0 bridgehead atoms. The number of nitro groups is 1. The van der Waals surface area contributed by atoms with Crippen LogP contribution in [0.1, 0.15) is 37.3 Å². The van der Waals surface area contributed by atoms with Crippen LogP contribution in [0.3, 0.4) is 0 Å². The Morgan fingerprint density at radius 3 is 2.45 bits per heavy atom. The summed E-state index contributed by atoms with van der Waals surface area (Å²) in [6.45, 7) is 2.26. The van der Waals surface area contributed by atoms with Crippen LogP contribution >= 0.6 is 24.4 Å². The summed E-state index contributed by atoms with van der Waals surface area (Å²) in [5.74, 6) is -1.31. The van der Waals surface area contributed by atoms with Crippen LogP contribution in [0.15, 0.2) is 65.2 Å². The van der Waals surface area contributed by atoms with Crippen molar-refractivity contribution in [2.75, 3.05) is 6.54 Å². The molecule has 2 aromatic rings. The lowest BCUT2D eigenvalue weighted by atomic mass is 9.77. The number of aliphatic hydroxyl groups excluding tert-OH is 1. The number of nitro benzene ring substituents is 1. The number of aliphatic hydroxyl groups is 1. The fourth-order valence-corrected chi connectivity index (χ4v) is 7.15. The maximum Gasteiger partial charge on any atom is 0.269 e. The number of hydrogen-bond donors (Lipinski definition) is 3. The highest BCUT2D eigenvalue weighted by atomic mass is 32.2. The number of carbonyl (C=O) groups excluding carboxylic acids is 3. The number of benzene rings is 2. The number of non-ortho nitro benzene ring substituents is 1. The van der Waals surface area contributed by atoms with E-state index in [1.807, 2.05) is 30.3 Å². The molecular weight excluding hydrogens is 526 g/mol. The van der Waals surface area contributed by atoms with Crippen LogP contribution in [0.5, 0.6) is 0 Å².